The maximum atomic E-state index is 12.9. The van der Waals surface area contributed by atoms with Gasteiger partial charge >= 0.3 is 6.18 Å². The minimum atomic E-state index is -4.55. The SMILES string of the molecule is Cc1ccc2c(-c3ccc(C(F)(F)F)cc3O)nnc(N[C@@H]3CCC[C@@H](O)C3)c2n1. The van der Waals surface area contributed by atoms with E-state index in [4.69, 9.17) is 0 Å². The number of nitrogens with one attached hydrogen (secondary N) is 1. The van der Waals surface area contributed by atoms with Crippen LogP contribution >= 0.6 is 0 Å². The van der Waals surface area contributed by atoms with Crippen molar-refractivity contribution in [3.8, 4) is 17.0 Å². The third kappa shape index (κ3) is 4.02. The van der Waals surface area contributed by atoms with Crippen molar-refractivity contribution < 1.29 is 23.4 Å². The molecule has 0 radical (unpaired) electrons. The first-order chi connectivity index (χ1) is 14.2. The Morgan fingerprint density at radius 2 is 1.90 bits per heavy atom. The van der Waals surface area contributed by atoms with Gasteiger partial charge in [-0.15, -0.1) is 10.2 Å². The van der Waals surface area contributed by atoms with Crippen LogP contribution in [0, 0.1) is 6.92 Å². The van der Waals surface area contributed by atoms with E-state index in [1.54, 1.807) is 12.1 Å². The summed E-state index contributed by atoms with van der Waals surface area (Å²) in [6, 6.07) is 6.33. The molecule has 0 spiro atoms. The van der Waals surface area contributed by atoms with Gasteiger partial charge in [-0.25, -0.2) is 4.98 Å². The molecule has 0 amide bonds. The number of halogens is 3. The van der Waals surface area contributed by atoms with Gasteiger partial charge in [0.2, 0.25) is 0 Å². The number of aromatic hydroxyl groups is 1. The van der Waals surface area contributed by atoms with Crippen molar-refractivity contribution in [1.29, 1.82) is 0 Å². The summed E-state index contributed by atoms with van der Waals surface area (Å²) < 4.78 is 38.8. The highest BCUT2D eigenvalue weighted by atomic mass is 19.4. The van der Waals surface area contributed by atoms with Crippen LogP contribution in [-0.2, 0) is 6.18 Å². The summed E-state index contributed by atoms with van der Waals surface area (Å²) in [6.45, 7) is 1.82. The highest BCUT2D eigenvalue weighted by Crippen LogP contribution is 2.38. The molecule has 2 heterocycles. The van der Waals surface area contributed by atoms with Crippen molar-refractivity contribution in [3.05, 3.63) is 41.6 Å². The molecule has 1 aromatic carbocycles. The predicted octanol–water partition coefficient (Wildman–Crippen LogP) is 4.44. The second-order valence-corrected chi connectivity index (χ2v) is 7.64. The second kappa shape index (κ2) is 7.71. The quantitative estimate of drug-likeness (QED) is 0.583. The zero-order valence-electron chi connectivity index (χ0n) is 16.2. The average molecular weight is 418 g/mol. The fraction of sp³-hybridized carbons (Fsp3) is 0.381. The molecule has 9 heteroatoms. The van der Waals surface area contributed by atoms with E-state index in [-0.39, 0.29) is 23.4 Å². The van der Waals surface area contributed by atoms with Crippen LogP contribution in [0.15, 0.2) is 30.3 Å². The van der Waals surface area contributed by atoms with E-state index in [2.05, 4.69) is 20.5 Å². The van der Waals surface area contributed by atoms with Crippen molar-refractivity contribution in [2.75, 3.05) is 5.32 Å². The van der Waals surface area contributed by atoms with E-state index in [1.165, 1.54) is 6.07 Å². The number of alkyl halides is 3. The van der Waals surface area contributed by atoms with Gasteiger partial charge in [0.1, 0.15) is 17.0 Å². The monoisotopic (exact) mass is 418 g/mol. The van der Waals surface area contributed by atoms with Gasteiger partial charge in [0.25, 0.3) is 0 Å². The lowest BCUT2D eigenvalue weighted by atomic mass is 9.93. The Bertz CT molecular complexity index is 1090. The number of hydrogen-bond donors (Lipinski definition) is 3. The molecule has 2 aromatic heterocycles. The first-order valence-electron chi connectivity index (χ1n) is 9.71. The lowest BCUT2D eigenvalue weighted by Crippen LogP contribution is -2.30. The molecule has 4 rings (SSSR count). The molecule has 0 bridgehead atoms. The topological polar surface area (TPSA) is 91.2 Å². The third-order valence-electron chi connectivity index (χ3n) is 5.33. The van der Waals surface area contributed by atoms with E-state index in [9.17, 15) is 23.4 Å². The molecule has 3 aromatic rings. The number of fused-ring (bicyclic) bond motifs is 1. The van der Waals surface area contributed by atoms with Crippen LogP contribution in [-0.4, -0.2) is 37.5 Å². The number of anilines is 1. The Morgan fingerprint density at radius 1 is 1.10 bits per heavy atom. The van der Waals surface area contributed by atoms with Gasteiger partial charge in [-0.05, 0) is 62.9 Å². The zero-order chi connectivity index (χ0) is 21.5. The normalized spacial score (nSPS) is 19.8. The fourth-order valence-corrected chi connectivity index (χ4v) is 3.82. The van der Waals surface area contributed by atoms with Gasteiger partial charge < -0.3 is 15.5 Å². The summed E-state index contributed by atoms with van der Waals surface area (Å²) in [6.07, 6.45) is -1.78. The van der Waals surface area contributed by atoms with Crippen molar-refractivity contribution in [2.24, 2.45) is 0 Å². The number of aliphatic hydroxyl groups excluding tert-OH is 1. The second-order valence-electron chi connectivity index (χ2n) is 7.64. The molecular weight excluding hydrogens is 397 g/mol. The van der Waals surface area contributed by atoms with Crippen LogP contribution < -0.4 is 5.32 Å². The largest absolute Gasteiger partial charge is 0.507 e. The summed E-state index contributed by atoms with van der Waals surface area (Å²) in [4.78, 5) is 4.54. The lowest BCUT2D eigenvalue weighted by molar-refractivity contribution is -0.137. The van der Waals surface area contributed by atoms with E-state index < -0.39 is 17.5 Å². The van der Waals surface area contributed by atoms with Crippen LogP contribution in [0.25, 0.3) is 22.2 Å². The number of aromatic nitrogens is 3. The number of aryl methyl sites for hydroxylation is 1. The van der Waals surface area contributed by atoms with E-state index >= 15 is 0 Å². The third-order valence-corrected chi connectivity index (χ3v) is 5.33. The molecular formula is C21H21F3N4O2. The Kier molecular flexibility index (Phi) is 5.23. The van der Waals surface area contributed by atoms with E-state index in [0.29, 0.717) is 29.2 Å². The van der Waals surface area contributed by atoms with Crippen molar-refractivity contribution in [2.45, 2.75) is 50.9 Å². The van der Waals surface area contributed by atoms with Crippen LogP contribution in [0.5, 0.6) is 5.75 Å². The highest BCUT2D eigenvalue weighted by molar-refractivity contribution is 5.98. The molecule has 30 heavy (non-hydrogen) atoms. The smallest absolute Gasteiger partial charge is 0.416 e. The molecule has 0 unspecified atom stereocenters. The number of nitrogens with zero attached hydrogens (tertiary/aromatic N) is 3. The van der Waals surface area contributed by atoms with Crippen LogP contribution in [0.1, 0.15) is 36.9 Å². The van der Waals surface area contributed by atoms with Crippen LogP contribution in [0.3, 0.4) is 0 Å². The van der Waals surface area contributed by atoms with Gasteiger partial charge in [0, 0.05) is 22.7 Å². The average Bonchev–Trinajstić information content (AvgIpc) is 2.68. The van der Waals surface area contributed by atoms with Gasteiger partial charge in [0.05, 0.1) is 11.7 Å². The number of hydrogen-bond acceptors (Lipinski definition) is 6. The number of rotatable bonds is 3. The first kappa shape index (κ1) is 20.3. The van der Waals surface area contributed by atoms with E-state index in [1.807, 2.05) is 6.92 Å². The Labute approximate surface area is 170 Å². The van der Waals surface area contributed by atoms with Crippen LogP contribution in [0.4, 0.5) is 19.0 Å². The predicted molar refractivity (Wildman–Crippen MR) is 106 cm³/mol. The van der Waals surface area contributed by atoms with Gasteiger partial charge in [-0.3, -0.25) is 0 Å². The molecule has 2 atom stereocenters. The van der Waals surface area contributed by atoms with E-state index in [0.717, 1.165) is 31.0 Å². The molecule has 1 saturated carbocycles. The molecule has 1 aliphatic carbocycles. The number of phenols is 1. The summed E-state index contributed by atoms with van der Waals surface area (Å²) >= 11 is 0. The summed E-state index contributed by atoms with van der Waals surface area (Å²) in [5.74, 6) is -0.0833. The fourth-order valence-electron chi connectivity index (χ4n) is 3.82. The molecule has 158 valence electrons. The maximum absolute atomic E-state index is 12.9. The summed E-state index contributed by atoms with van der Waals surface area (Å²) in [7, 11) is 0. The minimum absolute atomic E-state index is 0.0267. The van der Waals surface area contributed by atoms with Gasteiger partial charge in [-0.1, -0.05) is 0 Å². The van der Waals surface area contributed by atoms with Crippen LogP contribution in [0.2, 0.25) is 0 Å². The first-order valence-corrected chi connectivity index (χ1v) is 9.71. The van der Waals surface area contributed by atoms with Crippen molar-refractivity contribution in [3.63, 3.8) is 0 Å². The molecule has 3 N–H and O–H groups in total. The van der Waals surface area contributed by atoms with Gasteiger partial charge in [0.15, 0.2) is 5.82 Å². The van der Waals surface area contributed by atoms with Crippen molar-refractivity contribution in [1.82, 2.24) is 15.2 Å². The van der Waals surface area contributed by atoms with Gasteiger partial charge in [-0.2, -0.15) is 13.2 Å². The number of pyridine rings is 1. The summed E-state index contributed by atoms with van der Waals surface area (Å²) in [5, 5.41) is 32.4. The molecule has 1 fully saturated rings. The minimum Gasteiger partial charge on any atom is -0.507 e. The maximum Gasteiger partial charge on any atom is 0.416 e. The Hall–Kier alpha value is -2.94. The molecule has 1 aliphatic rings. The highest BCUT2D eigenvalue weighted by Gasteiger charge is 2.31. The van der Waals surface area contributed by atoms with Crippen molar-refractivity contribution >= 4 is 16.7 Å². The molecule has 0 aliphatic heterocycles. The Balaban J connectivity index is 1.78. The zero-order valence-corrected chi connectivity index (χ0v) is 16.2. The Morgan fingerprint density at radius 3 is 2.60 bits per heavy atom. The number of benzene rings is 1. The number of phenolic OH excluding ortho intramolecular Hbond substituents is 1. The molecule has 0 saturated heterocycles. The summed E-state index contributed by atoms with van der Waals surface area (Å²) in [5.41, 5.74) is 0.706. The standard InChI is InChI=1S/C21H21F3N4O2/c1-11-5-7-16-18(15-8-6-12(9-17(15)30)21(22,23)24)27-28-20(19(16)25-11)26-13-3-2-4-14(29)10-13/h5-9,13-14,29-30H,2-4,10H2,1H3,(H,26,28)/t13-,14-/m1/s1. The number of aliphatic hydroxyl groups is 1. The molecule has 6 nitrogen and oxygen atoms in total. The lowest BCUT2D eigenvalue weighted by Gasteiger charge is -2.27.